The highest BCUT2D eigenvalue weighted by Crippen LogP contribution is 2.43. The molecule has 0 atom stereocenters. The van der Waals surface area contributed by atoms with Gasteiger partial charge in [-0.05, 0) is 36.4 Å². The lowest BCUT2D eigenvalue weighted by atomic mass is 9.76. The first-order valence-corrected chi connectivity index (χ1v) is 9.70. The predicted octanol–water partition coefficient (Wildman–Crippen LogP) is 3.58. The van der Waals surface area contributed by atoms with E-state index in [0.717, 1.165) is 36.4 Å². The molecule has 1 spiro atoms. The zero-order valence-electron chi connectivity index (χ0n) is 15.0. The summed E-state index contributed by atoms with van der Waals surface area (Å²) in [5, 5.41) is 15.9. The number of carbonyl (C=O) groups is 2. The van der Waals surface area contributed by atoms with Crippen molar-refractivity contribution >= 4 is 28.8 Å². The monoisotopic (exact) mass is 404 g/mol. The van der Waals surface area contributed by atoms with E-state index >= 15 is 0 Å². The molecule has 0 radical (unpaired) electrons. The molecule has 5 nitrogen and oxygen atoms in total. The van der Waals surface area contributed by atoms with Gasteiger partial charge in [0.2, 0.25) is 0 Å². The van der Waals surface area contributed by atoms with Gasteiger partial charge in [0.05, 0.1) is 11.1 Å². The minimum absolute atomic E-state index is 0.0726. The van der Waals surface area contributed by atoms with E-state index < -0.39 is 12.1 Å². The SMILES string of the molecule is CCNCC1=C(c2cccs2)C(=O)NC12CCCCC2.O=C(O)C(F)(F)F. The van der Waals surface area contributed by atoms with Gasteiger partial charge in [0.15, 0.2) is 0 Å². The minimum Gasteiger partial charge on any atom is -0.475 e. The molecule has 0 unspecified atom stereocenters. The van der Waals surface area contributed by atoms with Crippen molar-refractivity contribution in [3.63, 3.8) is 0 Å². The fourth-order valence-corrected chi connectivity index (χ4v) is 4.30. The Kier molecular flexibility index (Phi) is 7.05. The van der Waals surface area contributed by atoms with E-state index in [1.54, 1.807) is 11.3 Å². The van der Waals surface area contributed by atoms with Crippen molar-refractivity contribution in [2.24, 2.45) is 0 Å². The van der Waals surface area contributed by atoms with Gasteiger partial charge in [0.1, 0.15) is 0 Å². The molecule has 2 aliphatic rings. The summed E-state index contributed by atoms with van der Waals surface area (Å²) < 4.78 is 31.7. The molecule has 27 heavy (non-hydrogen) atoms. The lowest BCUT2D eigenvalue weighted by molar-refractivity contribution is -0.192. The maximum Gasteiger partial charge on any atom is 0.490 e. The summed E-state index contributed by atoms with van der Waals surface area (Å²) in [6.45, 7) is 3.87. The molecule has 0 saturated heterocycles. The van der Waals surface area contributed by atoms with Crippen LogP contribution in [0.3, 0.4) is 0 Å². The van der Waals surface area contributed by atoms with Crippen LogP contribution in [0.25, 0.3) is 5.57 Å². The van der Waals surface area contributed by atoms with Crippen LogP contribution in [0.15, 0.2) is 23.1 Å². The smallest absolute Gasteiger partial charge is 0.475 e. The molecule has 1 aliphatic carbocycles. The molecule has 0 aromatic carbocycles. The number of likely N-dealkylation sites (N-methyl/N-ethyl adjacent to an activating group) is 1. The van der Waals surface area contributed by atoms with Crippen molar-refractivity contribution in [2.75, 3.05) is 13.1 Å². The average molecular weight is 404 g/mol. The van der Waals surface area contributed by atoms with Gasteiger partial charge >= 0.3 is 12.1 Å². The van der Waals surface area contributed by atoms with Crippen LogP contribution in [0, 0.1) is 0 Å². The van der Waals surface area contributed by atoms with Crippen LogP contribution < -0.4 is 10.6 Å². The Morgan fingerprint density at radius 1 is 1.33 bits per heavy atom. The van der Waals surface area contributed by atoms with Crippen LogP contribution in [0.1, 0.15) is 43.9 Å². The first-order chi connectivity index (χ1) is 12.7. The fourth-order valence-electron chi connectivity index (χ4n) is 3.50. The Balaban J connectivity index is 0.000000321. The van der Waals surface area contributed by atoms with Gasteiger partial charge in [-0.2, -0.15) is 13.2 Å². The first kappa shape index (κ1) is 21.4. The maximum absolute atomic E-state index is 12.5. The molecule has 1 fully saturated rings. The minimum atomic E-state index is -5.08. The highest BCUT2D eigenvalue weighted by Gasteiger charge is 2.45. The summed E-state index contributed by atoms with van der Waals surface area (Å²) in [4.78, 5) is 22.5. The molecule has 3 N–H and O–H groups in total. The molecule has 3 rings (SSSR count). The lowest BCUT2D eigenvalue weighted by Gasteiger charge is -2.36. The van der Waals surface area contributed by atoms with Crippen molar-refractivity contribution < 1.29 is 27.9 Å². The third-order valence-corrected chi connectivity index (χ3v) is 5.62. The van der Waals surface area contributed by atoms with Gasteiger partial charge in [-0.15, -0.1) is 11.3 Å². The molecule has 2 heterocycles. The normalized spacial score (nSPS) is 18.9. The number of alkyl halides is 3. The number of carboxylic acid groups (broad SMARTS) is 1. The average Bonchev–Trinajstić information content (AvgIpc) is 3.20. The maximum atomic E-state index is 12.5. The number of rotatable bonds is 4. The molecular formula is C18H23F3N2O3S. The molecule has 1 amide bonds. The summed E-state index contributed by atoms with van der Waals surface area (Å²) in [6.07, 6.45) is 0.824. The summed E-state index contributed by atoms with van der Waals surface area (Å²) in [7, 11) is 0. The number of thiophene rings is 1. The molecule has 1 aliphatic heterocycles. The summed E-state index contributed by atoms with van der Waals surface area (Å²) in [5.41, 5.74) is 2.16. The van der Waals surface area contributed by atoms with E-state index in [-0.39, 0.29) is 11.4 Å². The van der Waals surface area contributed by atoms with Crippen LogP contribution >= 0.6 is 11.3 Å². The van der Waals surface area contributed by atoms with Crippen molar-refractivity contribution in [2.45, 2.75) is 50.7 Å². The molecule has 1 saturated carbocycles. The van der Waals surface area contributed by atoms with Gasteiger partial charge in [-0.25, -0.2) is 4.79 Å². The van der Waals surface area contributed by atoms with E-state index in [2.05, 4.69) is 23.6 Å². The van der Waals surface area contributed by atoms with Gasteiger partial charge in [0.25, 0.3) is 5.91 Å². The van der Waals surface area contributed by atoms with E-state index in [1.807, 2.05) is 11.4 Å². The highest BCUT2D eigenvalue weighted by atomic mass is 32.1. The fraction of sp³-hybridized carbons (Fsp3) is 0.556. The standard InChI is InChI=1S/C16H22N2OS.C2HF3O2/c1-2-17-11-12-14(13-7-6-10-20-13)15(19)18-16(12)8-4-3-5-9-16;3-2(4,5)1(6)7/h6-7,10,17H,2-5,8-9,11H2,1H3,(H,18,19);(H,6,7). The number of carboxylic acids is 1. The second-order valence-corrected chi connectivity index (χ2v) is 7.46. The summed E-state index contributed by atoms with van der Waals surface area (Å²) >= 11 is 1.66. The Hall–Kier alpha value is -1.87. The van der Waals surface area contributed by atoms with Crippen LogP contribution in [0.4, 0.5) is 13.2 Å². The second kappa shape index (κ2) is 8.88. The number of halogens is 3. The molecule has 1 aromatic rings. The molecule has 150 valence electrons. The number of aliphatic carboxylic acids is 1. The van der Waals surface area contributed by atoms with Gasteiger partial charge < -0.3 is 15.7 Å². The Morgan fingerprint density at radius 2 is 1.96 bits per heavy atom. The van der Waals surface area contributed by atoms with E-state index in [9.17, 15) is 18.0 Å². The number of amides is 1. The molecular weight excluding hydrogens is 381 g/mol. The Morgan fingerprint density at radius 3 is 2.44 bits per heavy atom. The third kappa shape index (κ3) is 5.10. The zero-order valence-corrected chi connectivity index (χ0v) is 15.8. The van der Waals surface area contributed by atoms with Crippen LogP contribution in [0.2, 0.25) is 0 Å². The number of nitrogens with one attached hydrogen (secondary N) is 2. The number of hydrogen-bond acceptors (Lipinski definition) is 4. The second-order valence-electron chi connectivity index (χ2n) is 6.51. The van der Waals surface area contributed by atoms with Crippen molar-refractivity contribution in [1.29, 1.82) is 0 Å². The Labute approximate surface area is 159 Å². The molecule has 0 bridgehead atoms. The largest absolute Gasteiger partial charge is 0.490 e. The molecule has 9 heteroatoms. The summed E-state index contributed by atoms with van der Waals surface area (Å²) in [6, 6.07) is 4.09. The van der Waals surface area contributed by atoms with Gasteiger partial charge in [-0.3, -0.25) is 4.79 Å². The predicted molar refractivity (Wildman–Crippen MR) is 97.4 cm³/mol. The third-order valence-electron chi connectivity index (χ3n) is 4.73. The lowest BCUT2D eigenvalue weighted by Crippen LogP contribution is -2.47. The zero-order chi connectivity index (χ0) is 20.1. The van der Waals surface area contributed by atoms with E-state index in [0.29, 0.717) is 0 Å². The van der Waals surface area contributed by atoms with Crippen LogP contribution in [0.5, 0.6) is 0 Å². The van der Waals surface area contributed by atoms with Gasteiger partial charge in [-0.1, -0.05) is 32.3 Å². The topological polar surface area (TPSA) is 78.4 Å². The Bertz CT molecular complexity index is 693. The van der Waals surface area contributed by atoms with Crippen molar-refractivity contribution in [3.05, 3.63) is 28.0 Å². The van der Waals surface area contributed by atoms with Crippen molar-refractivity contribution in [1.82, 2.24) is 10.6 Å². The van der Waals surface area contributed by atoms with Gasteiger partial charge in [0, 0.05) is 11.4 Å². The van der Waals surface area contributed by atoms with E-state index in [1.165, 1.54) is 24.8 Å². The first-order valence-electron chi connectivity index (χ1n) is 8.82. The van der Waals surface area contributed by atoms with E-state index in [4.69, 9.17) is 9.90 Å². The quantitative estimate of drug-likeness (QED) is 0.717. The summed E-state index contributed by atoms with van der Waals surface area (Å²) in [5.74, 6) is -2.63. The number of hydrogen-bond donors (Lipinski definition) is 3. The van der Waals surface area contributed by atoms with Crippen molar-refractivity contribution in [3.8, 4) is 0 Å². The highest BCUT2D eigenvalue weighted by molar-refractivity contribution is 7.11. The van der Waals surface area contributed by atoms with Crippen LogP contribution in [-0.2, 0) is 9.59 Å². The molecule has 1 aromatic heterocycles. The number of carbonyl (C=O) groups excluding carboxylic acids is 1. The van der Waals surface area contributed by atoms with Crippen LogP contribution in [-0.4, -0.2) is 41.8 Å².